The standard InChI is InChI=1S/C20H28F3N5.HI/c1-5-17-16(18(6-2)28(4)27-17)13-26-19(24-7-3)25-12-14-8-10-15(11-9-14)20(21,22)23;/h8-11H,5-7,12-13H2,1-4H3,(H2,24,25,26);1H. The summed E-state index contributed by atoms with van der Waals surface area (Å²) in [5.41, 5.74) is 3.48. The lowest BCUT2D eigenvalue weighted by Gasteiger charge is -2.13. The Kier molecular flexibility index (Phi) is 9.94. The fourth-order valence-electron chi connectivity index (χ4n) is 3.08. The van der Waals surface area contributed by atoms with Crippen LogP contribution in [0.4, 0.5) is 13.2 Å². The van der Waals surface area contributed by atoms with Gasteiger partial charge < -0.3 is 10.6 Å². The fraction of sp³-hybridized carbons (Fsp3) is 0.500. The van der Waals surface area contributed by atoms with Crippen LogP contribution in [0.15, 0.2) is 29.3 Å². The van der Waals surface area contributed by atoms with Crippen molar-refractivity contribution >= 4 is 29.9 Å². The van der Waals surface area contributed by atoms with Crippen molar-refractivity contribution in [3.8, 4) is 0 Å². The van der Waals surface area contributed by atoms with E-state index < -0.39 is 11.7 Å². The van der Waals surface area contributed by atoms with Gasteiger partial charge in [0.15, 0.2) is 5.96 Å². The van der Waals surface area contributed by atoms with Crippen LogP contribution >= 0.6 is 24.0 Å². The maximum absolute atomic E-state index is 12.7. The molecule has 0 aliphatic heterocycles. The summed E-state index contributed by atoms with van der Waals surface area (Å²) in [4.78, 5) is 4.49. The SMILES string of the molecule is CCNC(=NCc1ccc(C(F)(F)F)cc1)NCc1c(CC)nn(C)c1CC.I. The highest BCUT2D eigenvalue weighted by molar-refractivity contribution is 14.0. The number of halogens is 4. The number of hydrogen-bond acceptors (Lipinski definition) is 2. The molecule has 0 spiro atoms. The molecule has 0 amide bonds. The second-order valence-corrected chi connectivity index (χ2v) is 6.45. The maximum Gasteiger partial charge on any atom is 0.416 e. The lowest BCUT2D eigenvalue weighted by atomic mass is 10.1. The van der Waals surface area contributed by atoms with Crippen LogP contribution in [-0.4, -0.2) is 22.3 Å². The molecule has 0 aliphatic carbocycles. The molecular formula is C20H29F3IN5. The molecule has 2 aromatic rings. The van der Waals surface area contributed by atoms with E-state index in [1.54, 1.807) is 0 Å². The number of aliphatic imine (C=N–C) groups is 1. The van der Waals surface area contributed by atoms with Crippen LogP contribution in [0.25, 0.3) is 0 Å². The Morgan fingerprint density at radius 1 is 1.07 bits per heavy atom. The molecule has 0 bridgehead atoms. The van der Waals surface area contributed by atoms with E-state index in [4.69, 9.17) is 0 Å². The Bertz CT molecular complexity index is 798. The van der Waals surface area contributed by atoms with Crippen molar-refractivity contribution < 1.29 is 13.2 Å². The Morgan fingerprint density at radius 3 is 2.24 bits per heavy atom. The first kappa shape index (κ1) is 25.3. The highest BCUT2D eigenvalue weighted by atomic mass is 127. The average molecular weight is 523 g/mol. The van der Waals surface area contributed by atoms with Crippen LogP contribution in [0.2, 0.25) is 0 Å². The van der Waals surface area contributed by atoms with E-state index in [2.05, 4.69) is 34.6 Å². The Labute approximate surface area is 187 Å². The summed E-state index contributed by atoms with van der Waals surface area (Å²) in [6, 6.07) is 5.09. The van der Waals surface area contributed by atoms with Gasteiger partial charge in [0, 0.05) is 31.4 Å². The van der Waals surface area contributed by atoms with Crippen molar-refractivity contribution in [2.45, 2.75) is 52.9 Å². The zero-order valence-corrected chi connectivity index (χ0v) is 19.6. The van der Waals surface area contributed by atoms with Gasteiger partial charge in [-0.1, -0.05) is 26.0 Å². The van der Waals surface area contributed by atoms with Gasteiger partial charge in [0.25, 0.3) is 0 Å². The zero-order valence-electron chi connectivity index (χ0n) is 17.2. The molecule has 1 heterocycles. The van der Waals surface area contributed by atoms with Crippen LogP contribution in [0.3, 0.4) is 0 Å². The second-order valence-electron chi connectivity index (χ2n) is 6.45. The molecule has 1 aromatic heterocycles. The number of alkyl halides is 3. The van der Waals surface area contributed by atoms with E-state index in [1.807, 2.05) is 18.7 Å². The summed E-state index contributed by atoms with van der Waals surface area (Å²) in [5, 5.41) is 11.1. The van der Waals surface area contributed by atoms with Crippen molar-refractivity contribution in [1.82, 2.24) is 20.4 Å². The molecule has 0 unspecified atom stereocenters. The van der Waals surface area contributed by atoms with Crippen LogP contribution in [0.1, 0.15) is 48.8 Å². The summed E-state index contributed by atoms with van der Waals surface area (Å²) >= 11 is 0. The molecule has 9 heteroatoms. The molecule has 0 saturated carbocycles. The van der Waals surface area contributed by atoms with E-state index in [9.17, 15) is 13.2 Å². The number of rotatable bonds is 7. The predicted octanol–water partition coefficient (Wildman–Crippen LogP) is 4.44. The fourth-order valence-corrected chi connectivity index (χ4v) is 3.08. The summed E-state index contributed by atoms with van der Waals surface area (Å²) in [5.74, 6) is 0.621. The van der Waals surface area contributed by atoms with Crippen LogP contribution < -0.4 is 10.6 Å². The summed E-state index contributed by atoms with van der Waals surface area (Å²) in [7, 11) is 1.95. The highest BCUT2D eigenvalue weighted by Gasteiger charge is 2.29. The van der Waals surface area contributed by atoms with Gasteiger partial charge in [-0.25, -0.2) is 4.99 Å². The number of hydrogen-bond donors (Lipinski definition) is 2. The minimum absolute atomic E-state index is 0. The lowest BCUT2D eigenvalue weighted by molar-refractivity contribution is -0.137. The molecule has 0 radical (unpaired) electrons. The molecule has 0 saturated heterocycles. The van der Waals surface area contributed by atoms with E-state index in [0.29, 0.717) is 25.6 Å². The van der Waals surface area contributed by atoms with Gasteiger partial charge in [0.1, 0.15) is 0 Å². The van der Waals surface area contributed by atoms with Gasteiger partial charge in [-0.15, -0.1) is 24.0 Å². The van der Waals surface area contributed by atoms with Crippen molar-refractivity contribution in [2.24, 2.45) is 12.0 Å². The lowest BCUT2D eigenvalue weighted by Crippen LogP contribution is -2.37. The predicted molar refractivity (Wildman–Crippen MR) is 120 cm³/mol. The van der Waals surface area contributed by atoms with Crippen LogP contribution in [0.5, 0.6) is 0 Å². The molecule has 2 rings (SSSR count). The minimum Gasteiger partial charge on any atom is -0.357 e. The smallest absolute Gasteiger partial charge is 0.357 e. The van der Waals surface area contributed by atoms with E-state index >= 15 is 0 Å². The Morgan fingerprint density at radius 2 is 1.72 bits per heavy atom. The van der Waals surface area contributed by atoms with Crippen molar-refractivity contribution in [3.63, 3.8) is 0 Å². The highest BCUT2D eigenvalue weighted by Crippen LogP contribution is 2.29. The molecule has 0 atom stereocenters. The number of nitrogens with one attached hydrogen (secondary N) is 2. The molecule has 1 aromatic carbocycles. The van der Waals surface area contributed by atoms with Gasteiger partial charge in [0.2, 0.25) is 0 Å². The summed E-state index contributed by atoms with van der Waals surface area (Å²) < 4.78 is 39.9. The summed E-state index contributed by atoms with van der Waals surface area (Å²) in [6.45, 7) is 7.72. The Hall–Kier alpha value is -1.78. The first-order valence-electron chi connectivity index (χ1n) is 9.52. The topological polar surface area (TPSA) is 54.2 Å². The normalized spacial score (nSPS) is 11.9. The van der Waals surface area contributed by atoms with Gasteiger partial charge in [-0.05, 0) is 37.5 Å². The number of aryl methyl sites for hydroxylation is 2. The molecule has 29 heavy (non-hydrogen) atoms. The van der Waals surface area contributed by atoms with Crippen molar-refractivity contribution in [1.29, 1.82) is 0 Å². The maximum atomic E-state index is 12.7. The van der Waals surface area contributed by atoms with Gasteiger partial charge in [0.05, 0.1) is 17.8 Å². The molecule has 0 aliphatic rings. The van der Waals surface area contributed by atoms with Gasteiger partial charge in [-0.2, -0.15) is 18.3 Å². The minimum atomic E-state index is -4.32. The zero-order chi connectivity index (χ0) is 20.7. The molecule has 0 fully saturated rings. The summed E-state index contributed by atoms with van der Waals surface area (Å²) in [6.07, 6.45) is -2.58. The van der Waals surface area contributed by atoms with Gasteiger partial charge >= 0.3 is 6.18 Å². The monoisotopic (exact) mass is 523 g/mol. The third-order valence-electron chi connectivity index (χ3n) is 4.51. The third kappa shape index (κ3) is 6.90. The third-order valence-corrected chi connectivity index (χ3v) is 4.51. The van der Waals surface area contributed by atoms with Crippen LogP contribution in [0, 0.1) is 0 Å². The van der Waals surface area contributed by atoms with Crippen molar-refractivity contribution in [2.75, 3.05) is 6.54 Å². The number of aromatic nitrogens is 2. The second kappa shape index (κ2) is 11.4. The number of nitrogens with zero attached hydrogens (tertiary/aromatic N) is 3. The molecular weight excluding hydrogens is 494 g/mol. The first-order chi connectivity index (χ1) is 13.3. The first-order valence-corrected chi connectivity index (χ1v) is 9.52. The number of benzene rings is 1. The molecule has 5 nitrogen and oxygen atoms in total. The van der Waals surface area contributed by atoms with E-state index in [0.717, 1.165) is 36.2 Å². The quantitative estimate of drug-likeness (QED) is 0.321. The Balaban J connectivity index is 0.00000420. The number of guanidine groups is 1. The van der Waals surface area contributed by atoms with E-state index in [-0.39, 0.29) is 24.0 Å². The van der Waals surface area contributed by atoms with Crippen molar-refractivity contribution in [3.05, 3.63) is 52.3 Å². The van der Waals surface area contributed by atoms with Crippen LogP contribution in [-0.2, 0) is 39.2 Å². The molecule has 162 valence electrons. The largest absolute Gasteiger partial charge is 0.416 e. The van der Waals surface area contributed by atoms with Gasteiger partial charge in [-0.3, -0.25) is 4.68 Å². The molecule has 2 N–H and O–H groups in total. The van der Waals surface area contributed by atoms with E-state index in [1.165, 1.54) is 23.4 Å². The average Bonchev–Trinajstić information content (AvgIpc) is 2.98.